The molecule has 1 N–H and O–H groups in total. The number of aromatic nitrogens is 2. The van der Waals surface area contributed by atoms with Gasteiger partial charge in [0.25, 0.3) is 5.88 Å². The van der Waals surface area contributed by atoms with Crippen molar-refractivity contribution in [3.05, 3.63) is 46.1 Å². The van der Waals surface area contributed by atoms with Crippen LogP contribution < -0.4 is 4.74 Å². The molecule has 8 heteroatoms. The lowest BCUT2D eigenvalue weighted by molar-refractivity contribution is 0.0693. The molecule has 0 atom stereocenters. The molecule has 1 aromatic heterocycles. The molecule has 5 nitrogen and oxygen atoms in total. The Labute approximate surface area is 114 Å². The van der Waals surface area contributed by atoms with Crippen LogP contribution in [-0.4, -0.2) is 21.3 Å². The molecule has 2 aromatic rings. The predicted molar refractivity (Wildman–Crippen MR) is 63.1 cm³/mol. The molecule has 0 radical (unpaired) electrons. The summed E-state index contributed by atoms with van der Waals surface area (Å²) in [6, 6.07) is 3.20. The molecule has 0 saturated heterocycles. The summed E-state index contributed by atoms with van der Waals surface area (Å²) < 4.78 is 31.9. The third-order valence-corrected chi connectivity index (χ3v) is 2.54. The lowest BCUT2D eigenvalue weighted by atomic mass is 10.3. The molecule has 0 unspecified atom stereocenters. The van der Waals surface area contributed by atoms with E-state index < -0.39 is 29.2 Å². The van der Waals surface area contributed by atoms with E-state index in [0.29, 0.717) is 0 Å². The number of carboxylic acids is 1. The van der Waals surface area contributed by atoms with Crippen molar-refractivity contribution in [1.82, 2.24) is 10.2 Å². The number of nitrogens with zero attached hydrogens (tertiary/aromatic N) is 2. The van der Waals surface area contributed by atoms with Crippen LogP contribution in [0.5, 0.6) is 11.6 Å². The average molecular weight is 331 g/mol. The minimum atomic E-state index is -1.32. The largest absolute Gasteiger partial charge is 0.477 e. The highest BCUT2D eigenvalue weighted by Gasteiger charge is 2.17. The Morgan fingerprint density at radius 3 is 2.79 bits per heavy atom. The fourth-order valence-electron chi connectivity index (χ4n) is 1.27. The second-order valence-electron chi connectivity index (χ2n) is 3.36. The summed E-state index contributed by atoms with van der Waals surface area (Å²) in [4.78, 5) is 10.9. The number of aromatic carboxylic acids is 1. The topological polar surface area (TPSA) is 72.3 Å². The molecule has 0 aliphatic rings. The third-order valence-electron chi connectivity index (χ3n) is 2.08. The average Bonchev–Trinajstić information content (AvgIpc) is 2.35. The molecule has 0 fully saturated rings. The molecule has 0 amide bonds. The van der Waals surface area contributed by atoms with E-state index in [0.717, 1.165) is 24.4 Å². The summed E-state index contributed by atoms with van der Waals surface area (Å²) in [6.45, 7) is 0. The highest BCUT2D eigenvalue weighted by molar-refractivity contribution is 9.10. The van der Waals surface area contributed by atoms with Gasteiger partial charge in [-0.3, -0.25) is 0 Å². The zero-order chi connectivity index (χ0) is 14.0. The Kier molecular flexibility index (Phi) is 3.70. The van der Waals surface area contributed by atoms with Gasteiger partial charge < -0.3 is 9.84 Å². The first kappa shape index (κ1) is 13.3. The Balaban J connectivity index is 2.45. The SMILES string of the molecule is O=C(O)c1ccnnc1Oc1cc(Br)cc(F)c1F. The quantitative estimate of drug-likeness (QED) is 0.876. The fourth-order valence-corrected chi connectivity index (χ4v) is 1.68. The molecule has 98 valence electrons. The predicted octanol–water partition coefficient (Wildman–Crippen LogP) is 3.01. The van der Waals surface area contributed by atoms with Crippen molar-refractivity contribution in [2.24, 2.45) is 0 Å². The van der Waals surface area contributed by atoms with Crippen molar-refractivity contribution in [1.29, 1.82) is 0 Å². The maximum atomic E-state index is 13.5. The summed E-state index contributed by atoms with van der Waals surface area (Å²) in [7, 11) is 0. The van der Waals surface area contributed by atoms with E-state index in [4.69, 9.17) is 9.84 Å². The Hall–Kier alpha value is -2.09. The van der Waals surface area contributed by atoms with Gasteiger partial charge in [-0.25, -0.2) is 9.18 Å². The lowest BCUT2D eigenvalue weighted by Crippen LogP contribution is -2.04. The van der Waals surface area contributed by atoms with Crippen LogP contribution in [0, 0.1) is 11.6 Å². The molecule has 1 heterocycles. The van der Waals surface area contributed by atoms with E-state index in [1.165, 1.54) is 0 Å². The van der Waals surface area contributed by atoms with Crippen LogP contribution in [0.1, 0.15) is 10.4 Å². The van der Waals surface area contributed by atoms with Gasteiger partial charge in [0.2, 0.25) is 5.82 Å². The van der Waals surface area contributed by atoms with Crippen LogP contribution in [0.25, 0.3) is 0 Å². The van der Waals surface area contributed by atoms with Gasteiger partial charge in [0.15, 0.2) is 11.6 Å². The summed E-state index contributed by atoms with van der Waals surface area (Å²) in [5, 5.41) is 15.8. The molecule has 0 aliphatic carbocycles. The maximum absolute atomic E-state index is 13.5. The van der Waals surface area contributed by atoms with E-state index in [9.17, 15) is 13.6 Å². The summed E-state index contributed by atoms with van der Waals surface area (Å²) in [5.74, 6) is -4.61. The van der Waals surface area contributed by atoms with Crippen molar-refractivity contribution < 1.29 is 23.4 Å². The molecular weight excluding hydrogens is 326 g/mol. The van der Waals surface area contributed by atoms with Gasteiger partial charge in [-0.2, -0.15) is 9.49 Å². The van der Waals surface area contributed by atoms with Gasteiger partial charge in [-0.05, 0) is 18.2 Å². The number of carboxylic acid groups (broad SMARTS) is 1. The summed E-state index contributed by atoms with van der Waals surface area (Å²) in [5.41, 5.74) is -0.310. The van der Waals surface area contributed by atoms with Crippen LogP contribution in [0.4, 0.5) is 8.78 Å². The monoisotopic (exact) mass is 330 g/mol. The van der Waals surface area contributed by atoms with Gasteiger partial charge in [0.1, 0.15) is 5.56 Å². The van der Waals surface area contributed by atoms with E-state index >= 15 is 0 Å². The van der Waals surface area contributed by atoms with Crippen LogP contribution in [0.15, 0.2) is 28.9 Å². The molecule has 19 heavy (non-hydrogen) atoms. The summed E-state index contributed by atoms with van der Waals surface area (Å²) in [6.07, 6.45) is 1.15. The van der Waals surface area contributed by atoms with Crippen molar-refractivity contribution >= 4 is 21.9 Å². The zero-order valence-electron chi connectivity index (χ0n) is 9.10. The first-order chi connectivity index (χ1) is 8.99. The molecule has 0 bridgehead atoms. The van der Waals surface area contributed by atoms with Gasteiger partial charge in [-0.15, -0.1) is 5.10 Å². The van der Waals surface area contributed by atoms with E-state index in [-0.39, 0.29) is 10.0 Å². The highest BCUT2D eigenvalue weighted by atomic mass is 79.9. The van der Waals surface area contributed by atoms with Crippen molar-refractivity contribution in [2.45, 2.75) is 0 Å². The minimum Gasteiger partial charge on any atom is -0.477 e. The second kappa shape index (κ2) is 5.27. The first-order valence-corrected chi connectivity index (χ1v) is 5.65. The Bertz CT molecular complexity index is 652. The minimum absolute atomic E-state index is 0.238. The van der Waals surface area contributed by atoms with Gasteiger partial charge in [0, 0.05) is 4.47 Å². The number of rotatable bonds is 3. The first-order valence-electron chi connectivity index (χ1n) is 4.86. The third kappa shape index (κ3) is 2.84. The number of carbonyl (C=O) groups is 1. The molecule has 0 spiro atoms. The van der Waals surface area contributed by atoms with E-state index in [1.54, 1.807) is 0 Å². The maximum Gasteiger partial charge on any atom is 0.341 e. The van der Waals surface area contributed by atoms with Crippen molar-refractivity contribution in [3.63, 3.8) is 0 Å². The highest BCUT2D eigenvalue weighted by Crippen LogP contribution is 2.29. The Morgan fingerprint density at radius 2 is 2.11 bits per heavy atom. The summed E-state index contributed by atoms with van der Waals surface area (Å²) >= 11 is 2.97. The standard InChI is InChI=1S/C11H5BrF2N2O3/c12-5-3-7(13)9(14)8(4-5)19-10-6(11(17)18)1-2-15-16-10/h1-4H,(H,17,18). The van der Waals surface area contributed by atoms with Crippen LogP contribution >= 0.6 is 15.9 Å². The van der Waals surface area contributed by atoms with Crippen molar-refractivity contribution in [3.8, 4) is 11.6 Å². The molecule has 0 saturated carbocycles. The van der Waals surface area contributed by atoms with E-state index in [2.05, 4.69) is 26.1 Å². The second-order valence-corrected chi connectivity index (χ2v) is 4.27. The lowest BCUT2D eigenvalue weighted by Gasteiger charge is -2.08. The van der Waals surface area contributed by atoms with E-state index in [1.807, 2.05) is 0 Å². The number of benzene rings is 1. The number of halogens is 3. The van der Waals surface area contributed by atoms with Gasteiger partial charge >= 0.3 is 5.97 Å². The number of hydrogen-bond donors (Lipinski definition) is 1. The van der Waals surface area contributed by atoms with Crippen LogP contribution in [0.2, 0.25) is 0 Å². The van der Waals surface area contributed by atoms with Crippen molar-refractivity contribution in [2.75, 3.05) is 0 Å². The number of hydrogen-bond acceptors (Lipinski definition) is 4. The molecule has 1 aromatic carbocycles. The zero-order valence-corrected chi connectivity index (χ0v) is 10.7. The smallest absolute Gasteiger partial charge is 0.341 e. The van der Waals surface area contributed by atoms with Crippen LogP contribution in [-0.2, 0) is 0 Å². The Morgan fingerprint density at radius 1 is 1.37 bits per heavy atom. The molecule has 2 rings (SSSR count). The fraction of sp³-hybridized carbons (Fsp3) is 0. The van der Waals surface area contributed by atoms with Gasteiger partial charge in [0.05, 0.1) is 6.20 Å². The normalized spacial score (nSPS) is 10.3. The van der Waals surface area contributed by atoms with Gasteiger partial charge in [-0.1, -0.05) is 15.9 Å². The number of ether oxygens (including phenoxy) is 1. The molecular formula is C11H5BrF2N2O3. The molecule has 0 aliphatic heterocycles. The van der Waals surface area contributed by atoms with Crippen LogP contribution in [0.3, 0.4) is 0 Å².